The number of amides is 2. The zero-order valence-electron chi connectivity index (χ0n) is 27.1. The highest BCUT2D eigenvalue weighted by molar-refractivity contribution is 7.87. The number of benzene rings is 4. The molecule has 1 unspecified atom stereocenters. The molecule has 5 rings (SSSR count). The Labute approximate surface area is 297 Å². The van der Waals surface area contributed by atoms with E-state index in [0.29, 0.717) is 16.0 Å². The van der Waals surface area contributed by atoms with Gasteiger partial charge < -0.3 is 24.0 Å². The number of carbonyl (C=O) groups excluding carboxylic acids is 3. The average Bonchev–Trinajstić information content (AvgIpc) is 3.11. The lowest BCUT2D eigenvalue weighted by molar-refractivity contribution is -0.170. The summed E-state index contributed by atoms with van der Waals surface area (Å²) in [4.78, 5) is 41.3. The first-order valence-electron chi connectivity index (χ1n) is 15.6. The number of hydrogen-bond acceptors (Lipinski definition) is 10. The van der Waals surface area contributed by atoms with Gasteiger partial charge >= 0.3 is 29.2 Å². The summed E-state index contributed by atoms with van der Waals surface area (Å²) in [6.07, 6.45) is -1.16. The Morgan fingerprint density at radius 1 is 0.788 bits per heavy atom. The minimum absolute atomic E-state index is 0.0512. The SMILES string of the molecule is O=C(Cc1ccccc1)N[C@@H]1C(=O)N(C(CP(=O)(Oc2ccccc2)Oc2ccccc2)C(=O)OCc2ccccc2)[C@@H]1COS(=O)(=O)C(F)(F)F. The predicted molar refractivity (Wildman–Crippen MR) is 180 cm³/mol. The van der Waals surface area contributed by atoms with Crippen LogP contribution in [-0.2, 0) is 51.0 Å². The summed E-state index contributed by atoms with van der Waals surface area (Å²) in [5.74, 6) is -2.83. The van der Waals surface area contributed by atoms with Crippen molar-refractivity contribution >= 4 is 35.5 Å². The van der Waals surface area contributed by atoms with Crippen molar-refractivity contribution in [1.82, 2.24) is 10.2 Å². The molecule has 17 heteroatoms. The molecule has 1 aliphatic rings. The van der Waals surface area contributed by atoms with Crippen molar-refractivity contribution < 1.29 is 58.5 Å². The molecular formula is C35H32F3N2O10PS. The fourth-order valence-electron chi connectivity index (χ4n) is 5.21. The molecule has 4 aromatic rings. The number of likely N-dealkylation sites (tertiary alicyclic amines) is 1. The third-order valence-corrected chi connectivity index (χ3v) is 10.5. The van der Waals surface area contributed by atoms with Gasteiger partial charge in [0, 0.05) is 0 Å². The number of alkyl halides is 3. The number of rotatable bonds is 16. The summed E-state index contributed by atoms with van der Waals surface area (Å²) >= 11 is 0. The van der Waals surface area contributed by atoms with Crippen molar-refractivity contribution in [2.75, 3.05) is 12.8 Å². The first-order valence-corrected chi connectivity index (χ1v) is 18.8. The monoisotopic (exact) mass is 760 g/mol. The number of nitrogens with zero attached hydrogens (tertiary/aromatic N) is 1. The lowest BCUT2D eigenvalue weighted by Gasteiger charge is -2.49. The van der Waals surface area contributed by atoms with Crippen molar-refractivity contribution in [1.29, 1.82) is 0 Å². The van der Waals surface area contributed by atoms with E-state index < -0.39 is 71.9 Å². The van der Waals surface area contributed by atoms with E-state index in [9.17, 15) is 40.5 Å². The van der Waals surface area contributed by atoms with Crippen molar-refractivity contribution in [3.8, 4) is 11.5 Å². The summed E-state index contributed by atoms with van der Waals surface area (Å²) in [5.41, 5.74) is -4.76. The maximum Gasteiger partial charge on any atom is 0.523 e. The second-order valence-electron chi connectivity index (χ2n) is 11.4. The summed E-state index contributed by atoms with van der Waals surface area (Å²) in [7, 11) is -10.7. The number of ether oxygens (including phenoxy) is 1. The number of para-hydroxylation sites is 2. The maximum absolute atomic E-state index is 14.6. The molecule has 3 atom stereocenters. The molecule has 0 aromatic heterocycles. The molecule has 1 aliphatic heterocycles. The van der Waals surface area contributed by atoms with Crippen LogP contribution in [0.3, 0.4) is 0 Å². The van der Waals surface area contributed by atoms with Crippen LogP contribution in [0.5, 0.6) is 11.5 Å². The summed E-state index contributed by atoms with van der Waals surface area (Å²) in [6, 6.07) is 26.8. The molecule has 0 radical (unpaired) electrons. The molecule has 0 spiro atoms. The Morgan fingerprint density at radius 3 is 1.77 bits per heavy atom. The fourth-order valence-corrected chi connectivity index (χ4v) is 7.48. The van der Waals surface area contributed by atoms with Gasteiger partial charge in [-0.1, -0.05) is 97.1 Å². The average molecular weight is 761 g/mol. The van der Waals surface area contributed by atoms with E-state index in [1.807, 2.05) is 0 Å². The van der Waals surface area contributed by atoms with E-state index in [0.717, 1.165) is 0 Å². The minimum atomic E-state index is -6.19. The standard InChI is InChI=1S/C35H32F3N2O10PS/c36-35(37,38)52(45,46)48-23-29-32(39-31(41)21-25-13-5-1-6-14-25)33(42)40(29)30(34(43)47-22-26-15-7-2-8-16-26)24-51(44,49-27-17-9-3-10-18-27)50-28-19-11-4-12-20-28/h1-20,29-30,32H,21-24H2,(H,39,41)/t29-,30?,32+/m1/s1. The number of β-lactam (4-membered cyclic amide) rings is 1. The van der Waals surface area contributed by atoms with Gasteiger partial charge in [-0.3, -0.25) is 13.8 Å². The Kier molecular flexibility index (Phi) is 12.0. The van der Waals surface area contributed by atoms with Crippen LogP contribution in [0, 0.1) is 0 Å². The second kappa shape index (κ2) is 16.4. The quantitative estimate of drug-likeness (QED) is 0.0527. The molecule has 274 valence electrons. The van der Waals surface area contributed by atoms with Gasteiger partial charge in [-0.25, -0.2) is 9.36 Å². The Morgan fingerprint density at radius 2 is 1.27 bits per heavy atom. The van der Waals surface area contributed by atoms with Crippen LogP contribution in [0.25, 0.3) is 0 Å². The van der Waals surface area contributed by atoms with Gasteiger partial charge in [-0.15, -0.1) is 0 Å². The van der Waals surface area contributed by atoms with E-state index in [4.69, 9.17) is 13.8 Å². The molecule has 4 aromatic carbocycles. The summed E-state index contributed by atoms with van der Waals surface area (Å²) < 4.78 is 99.8. The molecule has 0 aliphatic carbocycles. The van der Waals surface area contributed by atoms with Gasteiger partial charge in [0.25, 0.3) is 0 Å². The molecule has 2 amide bonds. The van der Waals surface area contributed by atoms with E-state index in [-0.39, 0.29) is 24.5 Å². The zero-order valence-corrected chi connectivity index (χ0v) is 28.8. The van der Waals surface area contributed by atoms with E-state index in [1.165, 1.54) is 24.3 Å². The highest BCUT2D eigenvalue weighted by Crippen LogP contribution is 2.50. The number of halogens is 3. The molecular weight excluding hydrogens is 728 g/mol. The number of carbonyl (C=O) groups is 3. The predicted octanol–water partition coefficient (Wildman–Crippen LogP) is 5.25. The van der Waals surface area contributed by atoms with Gasteiger partial charge in [-0.05, 0) is 35.4 Å². The number of nitrogens with one attached hydrogen (secondary N) is 1. The first kappa shape index (κ1) is 38.1. The fraction of sp³-hybridized carbons (Fsp3) is 0.229. The van der Waals surface area contributed by atoms with E-state index in [2.05, 4.69) is 9.50 Å². The lowest BCUT2D eigenvalue weighted by atomic mass is 9.92. The largest absolute Gasteiger partial charge is 0.523 e. The lowest BCUT2D eigenvalue weighted by Crippen LogP contribution is -2.76. The normalized spacial score (nSPS) is 16.7. The van der Waals surface area contributed by atoms with Crippen LogP contribution < -0.4 is 14.4 Å². The Hall–Kier alpha value is -5.18. The summed E-state index contributed by atoms with van der Waals surface area (Å²) in [5, 5.41) is 2.39. The van der Waals surface area contributed by atoms with Crippen LogP contribution in [0.2, 0.25) is 0 Å². The van der Waals surface area contributed by atoms with Crippen LogP contribution in [0.15, 0.2) is 121 Å². The topological polar surface area (TPSA) is 155 Å². The third kappa shape index (κ3) is 9.78. The van der Waals surface area contributed by atoms with Crippen LogP contribution >= 0.6 is 7.60 Å². The van der Waals surface area contributed by atoms with E-state index in [1.54, 1.807) is 97.1 Å². The third-order valence-electron chi connectivity index (χ3n) is 7.67. The van der Waals surface area contributed by atoms with Crippen molar-refractivity contribution in [3.05, 3.63) is 132 Å². The van der Waals surface area contributed by atoms with E-state index >= 15 is 0 Å². The van der Waals surface area contributed by atoms with Crippen molar-refractivity contribution in [2.24, 2.45) is 0 Å². The van der Waals surface area contributed by atoms with Gasteiger partial charge in [0.05, 0.1) is 19.1 Å². The Balaban J connectivity index is 1.50. The number of esters is 1. The minimum Gasteiger partial charge on any atom is -0.459 e. The highest BCUT2D eigenvalue weighted by atomic mass is 32.2. The smallest absolute Gasteiger partial charge is 0.459 e. The molecule has 1 fully saturated rings. The van der Waals surface area contributed by atoms with Crippen molar-refractivity contribution in [3.63, 3.8) is 0 Å². The van der Waals surface area contributed by atoms with Gasteiger partial charge in [0.2, 0.25) is 11.8 Å². The molecule has 0 bridgehead atoms. The van der Waals surface area contributed by atoms with Gasteiger partial charge in [0.15, 0.2) is 0 Å². The first-order chi connectivity index (χ1) is 24.7. The molecule has 12 nitrogen and oxygen atoms in total. The summed E-state index contributed by atoms with van der Waals surface area (Å²) in [6.45, 7) is -1.67. The van der Waals surface area contributed by atoms with Gasteiger partial charge in [0.1, 0.15) is 36.4 Å². The molecule has 1 heterocycles. The zero-order chi connectivity index (χ0) is 37.4. The molecule has 0 saturated carbocycles. The Bertz CT molecular complexity index is 1950. The van der Waals surface area contributed by atoms with Crippen LogP contribution in [0.4, 0.5) is 13.2 Å². The molecule has 52 heavy (non-hydrogen) atoms. The molecule has 1 saturated heterocycles. The maximum atomic E-state index is 14.6. The van der Waals surface area contributed by atoms with Crippen LogP contribution in [0.1, 0.15) is 11.1 Å². The number of hydrogen-bond donors (Lipinski definition) is 1. The molecule has 1 N–H and O–H groups in total. The van der Waals surface area contributed by atoms with Crippen LogP contribution in [-0.4, -0.2) is 67.5 Å². The van der Waals surface area contributed by atoms with Gasteiger partial charge in [-0.2, -0.15) is 21.6 Å². The second-order valence-corrected chi connectivity index (χ2v) is 15.0. The highest BCUT2D eigenvalue weighted by Gasteiger charge is 2.57. The van der Waals surface area contributed by atoms with Crippen molar-refractivity contribution in [2.45, 2.75) is 36.7 Å².